The second-order valence-electron chi connectivity index (χ2n) is 6.68. The highest BCUT2D eigenvalue weighted by molar-refractivity contribution is 5.99. The smallest absolute Gasteiger partial charge is 0.253 e. The summed E-state index contributed by atoms with van der Waals surface area (Å²) in [5.41, 5.74) is 1.19. The third-order valence-corrected chi connectivity index (χ3v) is 4.86. The molecule has 2 aliphatic rings. The molecule has 6 nitrogen and oxygen atoms in total. The zero-order valence-electron chi connectivity index (χ0n) is 14.8. The number of nitrogens with one attached hydrogen (secondary N) is 2. The lowest BCUT2D eigenvalue weighted by molar-refractivity contribution is -0.119. The van der Waals surface area contributed by atoms with Gasteiger partial charge in [0.05, 0.1) is 18.2 Å². The summed E-state index contributed by atoms with van der Waals surface area (Å²) >= 11 is 0. The van der Waals surface area contributed by atoms with Crippen LogP contribution in [0.25, 0.3) is 0 Å². The molecule has 2 heterocycles. The van der Waals surface area contributed by atoms with Crippen molar-refractivity contribution in [3.05, 3.63) is 23.8 Å². The minimum atomic E-state index is -0.0315. The molecule has 0 saturated carbocycles. The average molecular weight is 345 g/mol. The molecular formula is C19H27N3O3. The minimum Gasteiger partial charge on any atom is -0.492 e. The number of nitrogens with zero attached hydrogens (tertiary/aromatic N) is 1. The number of carbonyl (C=O) groups is 2. The Morgan fingerprint density at radius 1 is 1.28 bits per heavy atom. The quantitative estimate of drug-likeness (QED) is 0.859. The molecule has 1 atom stereocenters. The molecule has 2 aliphatic heterocycles. The summed E-state index contributed by atoms with van der Waals surface area (Å²) in [6.07, 6.45) is 4.13. The first kappa shape index (κ1) is 17.7. The molecule has 0 aromatic heterocycles. The van der Waals surface area contributed by atoms with Gasteiger partial charge in [-0.15, -0.1) is 0 Å². The molecule has 1 aromatic carbocycles. The lowest BCUT2D eigenvalue weighted by Gasteiger charge is -2.27. The molecule has 0 spiro atoms. The number of amides is 2. The van der Waals surface area contributed by atoms with E-state index in [2.05, 4.69) is 10.6 Å². The number of likely N-dealkylation sites (tertiary alicyclic amines) is 1. The third-order valence-electron chi connectivity index (χ3n) is 4.86. The van der Waals surface area contributed by atoms with E-state index >= 15 is 0 Å². The molecule has 3 rings (SSSR count). The standard InChI is InChI=1S/C19H27N3O3/c1-2-25-17-7-6-14(19(24)22-10-4-3-5-11-22)12-16(17)21-18(23)15-8-9-20-13-15/h6-7,12,15,20H,2-5,8-11,13H2,1H3,(H,21,23). The molecule has 1 unspecified atom stereocenters. The number of hydrogen-bond acceptors (Lipinski definition) is 4. The van der Waals surface area contributed by atoms with Gasteiger partial charge >= 0.3 is 0 Å². The Balaban J connectivity index is 1.78. The largest absolute Gasteiger partial charge is 0.492 e. The Hall–Kier alpha value is -2.08. The van der Waals surface area contributed by atoms with Gasteiger partial charge < -0.3 is 20.3 Å². The van der Waals surface area contributed by atoms with Gasteiger partial charge in [0.2, 0.25) is 5.91 Å². The minimum absolute atomic E-state index is 0.0199. The fourth-order valence-corrected chi connectivity index (χ4v) is 3.43. The van der Waals surface area contributed by atoms with Crippen LogP contribution in [0.5, 0.6) is 5.75 Å². The van der Waals surface area contributed by atoms with Gasteiger partial charge in [-0.2, -0.15) is 0 Å². The van der Waals surface area contributed by atoms with E-state index in [0.717, 1.165) is 38.9 Å². The van der Waals surface area contributed by atoms with Gasteiger partial charge in [-0.25, -0.2) is 0 Å². The lowest BCUT2D eigenvalue weighted by atomic mass is 10.1. The first-order valence-corrected chi connectivity index (χ1v) is 9.26. The monoisotopic (exact) mass is 345 g/mol. The molecule has 2 saturated heterocycles. The van der Waals surface area contributed by atoms with E-state index in [-0.39, 0.29) is 17.7 Å². The number of rotatable bonds is 5. The number of benzene rings is 1. The van der Waals surface area contributed by atoms with Gasteiger partial charge in [0, 0.05) is 25.2 Å². The number of hydrogen-bond donors (Lipinski definition) is 2. The Kier molecular flexibility index (Phi) is 5.91. The lowest BCUT2D eigenvalue weighted by Crippen LogP contribution is -2.35. The van der Waals surface area contributed by atoms with Crippen molar-refractivity contribution in [1.82, 2.24) is 10.2 Å². The van der Waals surface area contributed by atoms with Crippen molar-refractivity contribution in [1.29, 1.82) is 0 Å². The summed E-state index contributed by atoms with van der Waals surface area (Å²) in [5, 5.41) is 6.16. The Labute approximate surface area is 148 Å². The van der Waals surface area contributed by atoms with Crippen LogP contribution in [0.3, 0.4) is 0 Å². The Morgan fingerprint density at radius 2 is 2.08 bits per heavy atom. The molecule has 0 bridgehead atoms. The maximum atomic E-state index is 12.7. The van der Waals surface area contributed by atoms with Crippen molar-refractivity contribution in [2.24, 2.45) is 5.92 Å². The van der Waals surface area contributed by atoms with E-state index < -0.39 is 0 Å². The van der Waals surface area contributed by atoms with Gasteiger partial charge in [0.1, 0.15) is 5.75 Å². The van der Waals surface area contributed by atoms with Crippen LogP contribution in [0.4, 0.5) is 5.69 Å². The van der Waals surface area contributed by atoms with Crippen molar-refractivity contribution in [3.63, 3.8) is 0 Å². The topological polar surface area (TPSA) is 70.7 Å². The van der Waals surface area contributed by atoms with Crippen LogP contribution >= 0.6 is 0 Å². The molecule has 25 heavy (non-hydrogen) atoms. The van der Waals surface area contributed by atoms with Crippen molar-refractivity contribution < 1.29 is 14.3 Å². The van der Waals surface area contributed by atoms with Crippen LogP contribution in [0.1, 0.15) is 43.0 Å². The number of carbonyl (C=O) groups excluding carboxylic acids is 2. The predicted octanol–water partition coefficient (Wildman–Crippen LogP) is 2.26. The summed E-state index contributed by atoms with van der Waals surface area (Å²) in [6.45, 7) is 5.58. The summed E-state index contributed by atoms with van der Waals surface area (Å²) in [6, 6.07) is 5.32. The first-order valence-electron chi connectivity index (χ1n) is 9.26. The number of ether oxygens (including phenoxy) is 1. The second kappa shape index (κ2) is 8.34. The fourth-order valence-electron chi connectivity index (χ4n) is 3.43. The van der Waals surface area contributed by atoms with E-state index in [4.69, 9.17) is 4.74 Å². The zero-order valence-corrected chi connectivity index (χ0v) is 14.8. The molecule has 136 valence electrons. The van der Waals surface area contributed by atoms with Crippen LogP contribution in [-0.2, 0) is 4.79 Å². The third kappa shape index (κ3) is 4.31. The molecule has 2 N–H and O–H groups in total. The van der Waals surface area contributed by atoms with Gasteiger partial charge in [-0.1, -0.05) is 0 Å². The first-order chi connectivity index (χ1) is 12.2. The van der Waals surface area contributed by atoms with E-state index in [9.17, 15) is 9.59 Å². The summed E-state index contributed by atoms with van der Waals surface area (Å²) in [7, 11) is 0. The Bertz CT molecular complexity index is 620. The summed E-state index contributed by atoms with van der Waals surface area (Å²) < 4.78 is 5.63. The number of piperidine rings is 1. The average Bonchev–Trinajstić information content (AvgIpc) is 3.18. The molecule has 0 aliphatic carbocycles. The van der Waals surface area contributed by atoms with E-state index in [1.54, 1.807) is 18.2 Å². The van der Waals surface area contributed by atoms with Crippen molar-refractivity contribution >= 4 is 17.5 Å². The maximum Gasteiger partial charge on any atom is 0.253 e. The van der Waals surface area contributed by atoms with Gasteiger partial charge in [-0.05, 0) is 57.4 Å². The van der Waals surface area contributed by atoms with Crippen LogP contribution in [0, 0.1) is 5.92 Å². The van der Waals surface area contributed by atoms with Gasteiger partial charge in [0.15, 0.2) is 0 Å². The van der Waals surface area contributed by atoms with E-state index in [1.165, 1.54) is 6.42 Å². The zero-order chi connectivity index (χ0) is 17.6. The molecule has 6 heteroatoms. The Morgan fingerprint density at radius 3 is 2.76 bits per heavy atom. The van der Waals surface area contributed by atoms with Gasteiger partial charge in [0.25, 0.3) is 5.91 Å². The van der Waals surface area contributed by atoms with Crippen molar-refractivity contribution in [3.8, 4) is 5.75 Å². The van der Waals surface area contributed by atoms with Crippen LogP contribution < -0.4 is 15.4 Å². The predicted molar refractivity (Wildman–Crippen MR) is 97.0 cm³/mol. The molecule has 0 radical (unpaired) electrons. The van der Waals surface area contributed by atoms with Crippen molar-refractivity contribution in [2.45, 2.75) is 32.6 Å². The maximum absolute atomic E-state index is 12.7. The fraction of sp³-hybridized carbons (Fsp3) is 0.579. The second-order valence-corrected chi connectivity index (χ2v) is 6.68. The highest BCUT2D eigenvalue weighted by Crippen LogP contribution is 2.28. The van der Waals surface area contributed by atoms with E-state index in [1.807, 2.05) is 11.8 Å². The summed E-state index contributed by atoms with van der Waals surface area (Å²) in [5.74, 6) is 0.585. The van der Waals surface area contributed by atoms with Crippen LogP contribution in [-0.4, -0.2) is 49.5 Å². The highest BCUT2D eigenvalue weighted by Gasteiger charge is 2.24. The summed E-state index contributed by atoms with van der Waals surface area (Å²) in [4.78, 5) is 27.1. The molecule has 2 fully saturated rings. The van der Waals surface area contributed by atoms with Crippen molar-refractivity contribution in [2.75, 3.05) is 38.1 Å². The normalized spacial score (nSPS) is 20.4. The highest BCUT2D eigenvalue weighted by atomic mass is 16.5. The van der Waals surface area contributed by atoms with Gasteiger partial charge in [-0.3, -0.25) is 9.59 Å². The molecule has 1 aromatic rings. The van der Waals surface area contributed by atoms with Crippen LogP contribution in [0.2, 0.25) is 0 Å². The van der Waals surface area contributed by atoms with E-state index in [0.29, 0.717) is 30.2 Å². The molecule has 2 amide bonds. The molecular weight excluding hydrogens is 318 g/mol. The SMILES string of the molecule is CCOc1ccc(C(=O)N2CCCCC2)cc1NC(=O)C1CCNC1. The number of anilines is 1. The van der Waals surface area contributed by atoms with Crippen LogP contribution in [0.15, 0.2) is 18.2 Å².